The quantitative estimate of drug-likeness (QED) is 0.805. The van der Waals surface area contributed by atoms with Gasteiger partial charge in [0.2, 0.25) is 15.9 Å². The molecule has 1 aromatic rings. The van der Waals surface area contributed by atoms with Crippen molar-refractivity contribution in [3.8, 4) is 0 Å². The van der Waals surface area contributed by atoms with E-state index in [1.807, 2.05) is 0 Å². The van der Waals surface area contributed by atoms with Gasteiger partial charge in [-0.05, 0) is 38.8 Å². The molecule has 2 rings (SSSR count). The van der Waals surface area contributed by atoms with Crippen LogP contribution < -0.4 is 10.0 Å². The summed E-state index contributed by atoms with van der Waals surface area (Å²) in [5.41, 5.74) is -0.957. The molecule has 1 aliphatic carbocycles. The molecule has 0 aliphatic heterocycles. The van der Waals surface area contributed by atoms with Crippen LogP contribution in [-0.4, -0.2) is 30.1 Å². The number of anilines is 1. The second-order valence-corrected chi connectivity index (χ2v) is 9.11. The SMILES string of the molecule is CC(C)(C(=O)Nc1ccc(C(F)(F)F)cn1)S(=O)(=O)NC1CCCCC1. The first-order valence-corrected chi connectivity index (χ1v) is 9.78. The standard InChI is InChI=1S/C16H22F3N3O3S/c1-15(2,26(24,25)22-12-6-4-3-5-7-12)14(23)21-13-9-8-11(10-20-13)16(17,18)19/h8-10,12,22H,3-7H2,1-2H3,(H,20,21,23). The van der Waals surface area contributed by atoms with Gasteiger partial charge in [0.15, 0.2) is 4.75 Å². The first kappa shape index (κ1) is 20.6. The molecule has 1 saturated carbocycles. The van der Waals surface area contributed by atoms with E-state index in [9.17, 15) is 26.4 Å². The molecule has 1 fully saturated rings. The lowest BCUT2D eigenvalue weighted by Gasteiger charge is -2.29. The first-order chi connectivity index (χ1) is 11.9. The third kappa shape index (κ3) is 4.73. The number of aromatic nitrogens is 1. The molecule has 1 amide bonds. The number of carbonyl (C=O) groups is 1. The number of halogens is 3. The van der Waals surface area contributed by atoms with E-state index in [0.29, 0.717) is 6.20 Å². The summed E-state index contributed by atoms with van der Waals surface area (Å²) in [6, 6.07) is 1.55. The lowest BCUT2D eigenvalue weighted by molar-refractivity contribution is -0.137. The topological polar surface area (TPSA) is 88.2 Å². The van der Waals surface area contributed by atoms with Crippen LogP contribution in [0.3, 0.4) is 0 Å². The molecule has 0 atom stereocenters. The largest absolute Gasteiger partial charge is 0.417 e. The second kappa shape index (κ2) is 7.51. The minimum Gasteiger partial charge on any atom is -0.309 e. The maximum atomic E-state index is 12.6. The van der Waals surface area contributed by atoms with Gasteiger partial charge >= 0.3 is 6.18 Å². The highest BCUT2D eigenvalue weighted by Crippen LogP contribution is 2.29. The normalized spacial score (nSPS) is 17.1. The predicted octanol–water partition coefficient (Wildman–Crippen LogP) is 3.07. The van der Waals surface area contributed by atoms with Crippen molar-refractivity contribution < 1.29 is 26.4 Å². The van der Waals surface area contributed by atoms with E-state index >= 15 is 0 Å². The highest BCUT2D eigenvalue weighted by atomic mass is 32.2. The van der Waals surface area contributed by atoms with Crippen LogP contribution in [0.1, 0.15) is 51.5 Å². The Hall–Kier alpha value is -1.68. The summed E-state index contributed by atoms with van der Waals surface area (Å²) >= 11 is 0. The molecular weight excluding hydrogens is 371 g/mol. The molecule has 0 spiro atoms. The van der Waals surface area contributed by atoms with E-state index in [4.69, 9.17) is 0 Å². The zero-order chi connectivity index (χ0) is 19.6. The van der Waals surface area contributed by atoms with Crippen LogP contribution in [0, 0.1) is 0 Å². The Balaban J connectivity index is 2.08. The second-order valence-electron chi connectivity index (χ2n) is 6.85. The highest BCUT2D eigenvalue weighted by Gasteiger charge is 2.43. The number of nitrogens with one attached hydrogen (secondary N) is 2. The zero-order valence-electron chi connectivity index (χ0n) is 14.6. The summed E-state index contributed by atoms with van der Waals surface area (Å²) in [5, 5.41) is 2.27. The van der Waals surface area contributed by atoms with Crippen molar-refractivity contribution in [3.63, 3.8) is 0 Å². The Bertz CT molecular complexity index is 740. The fourth-order valence-electron chi connectivity index (χ4n) is 2.61. The Morgan fingerprint density at radius 3 is 2.27 bits per heavy atom. The summed E-state index contributed by atoms with van der Waals surface area (Å²) in [5.74, 6) is -1.02. The summed E-state index contributed by atoms with van der Waals surface area (Å²) < 4.78 is 63.6. The van der Waals surface area contributed by atoms with Gasteiger partial charge in [-0.1, -0.05) is 19.3 Å². The van der Waals surface area contributed by atoms with Crippen LogP contribution >= 0.6 is 0 Å². The number of carbonyl (C=O) groups excluding carboxylic acids is 1. The van der Waals surface area contributed by atoms with Crippen molar-refractivity contribution in [2.24, 2.45) is 0 Å². The zero-order valence-corrected chi connectivity index (χ0v) is 15.4. The number of amides is 1. The van der Waals surface area contributed by atoms with E-state index in [-0.39, 0.29) is 11.9 Å². The number of sulfonamides is 1. The maximum absolute atomic E-state index is 12.6. The first-order valence-electron chi connectivity index (χ1n) is 8.30. The van der Waals surface area contributed by atoms with Crippen molar-refractivity contribution in [1.29, 1.82) is 0 Å². The van der Waals surface area contributed by atoms with Gasteiger partial charge in [0.25, 0.3) is 0 Å². The number of hydrogen-bond acceptors (Lipinski definition) is 4. The van der Waals surface area contributed by atoms with Gasteiger partial charge in [-0.15, -0.1) is 0 Å². The number of pyridine rings is 1. The number of hydrogen-bond donors (Lipinski definition) is 2. The monoisotopic (exact) mass is 393 g/mol. The molecule has 6 nitrogen and oxygen atoms in total. The lowest BCUT2D eigenvalue weighted by atomic mass is 9.96. The van der Waals surface area contributed by atoms with Crippen LogP contribution in [0.4, 0.5) is 19.0 Å². The lowest BCUT2D eigenvalue weighted by Crippen LogP contribution is -2.53. The van der Waals surface area contributed by atoms with Crippen molar-refractivity contribution >= 4 is 21.7 Å². The molecular formula is C16H22F3N3O3S. The van der Waals surface area contributed by atoms with Gasteiger partial charge in [0.1, 0.15) is 5.82 Å². The van der Waals surface area contributed by atoms with Gasteiger partial charge in [0, 0.05) is 12.2 Å². The molecule has 0 saturated heterocycles. The molecule has 0 unspecified atom stereocenters. The summed E-state index contributed by atoms with van der Waals surface area (Å²) in [6.07, 6.45) is 0.389. The van der Waals surface area contributed by atoms with Crippen molar-refractivity contribution in [2.45, 2.75) is 62.9 Å². The molecule has 10 heteroatoms. The number of rotatable bonds is 5. The third-order valence-corrected chi connectivity index (χ3v) is 6.65. The van der Waals surface area contributed by atoms with Crippen LogP contribution in [0.2, 0.25) is 0 Å². The minimum absolute atomic E-state index is 0.149. The molecule has 1 aliphatic rings. The predicted molar refractivity (Wildman–Crippen MR) is 90.9 cm³/mol. The molecule has 0 aromatic carbocycles. The van der Waals surface area contributed by atoms with Crippen LogP contribution in [0.15, 0.2) is 18.3 Å². The van der Waals surface area contributed by atoms with Crippen LogP contribution in [0.5, 0.6) is 0 Å². The summed E-state index contributed by atoms with van der Waals surface area (Å²) in [7, 11) is -3.98. The average Bonchev–Trinajstić information content (AvgIpc) is 2.54. The minimum atomic E-state index is -4.54. The van der Waals surface area contributed by atoms with Crippen molar-refractivity contribution in [3.05, 3.63) is 23.9 Å². The van der Waals surface area contributed by atoms with Crippen LogP contribution in [-0.2, 0) is 21.0 Å². The average molecular weight is 393 g/mol. The van der Waals surface area contributed by atoms with E-state index in [0.717, 1.165) is 44.2 Å². The fraction of sp³-hybridized carbons (Fsp3) is 0.625. The van der Waals surface area contributed by atoms with Gasteiger partial charge in [0.05, 0.1) is 5.56 Å². The van der Waals surface area contributed by atoms with E-state index in [1.165, 1.54) is 13.8 Å². The molecule has 2 N–H and O–H groups in total. The molecule has 0 radical (unpaired) electrons. The van der Waals surface area contributed by atoms with Crippen molar-refractivity contribution in [2.75, 3.05) is 5.32 Å². The molecule has 0 bridgehead atoms. The Labute approximate surface area is 150 Å². The number of nitrogens with zero attached hydrogens (tertiary/aromatic N) is 1. The van der Waals surface area contributed by atoms with Crippen LogP contribution in [0.25, 0.3) is 0 Å². The number of alkyl halides is 3. The Morgan fingerprint density at radius 2 is 1.77 bits per heavy atom. The summed E-state index contributed by atoms with van der Waals surface area (Å²) in [4.78, 5) is 15.9. The van der Waals surface area contributed by atoms with Gasteiger partial charge in [-0.2, -0.15) is 13.2 Å². The van der Waals surface area contributed by atoms with Gasteiger partial charge in [-0.25, -0.2) is 18.1 Å². The smallest absolute Gasteiger partial charge is 0.309 e. The van der Waals surface area contributed by atoms with E-state index < -0.39 is 32.4 Å². The maximum Gasteiger partial charge on any atom is 0.417 e. The third-order valence-electron chi connectivity index (χ3n) is 4.48. The Kier molecular flexibility index (Phi) is 5.96. The van der Waals surface area contributed by atoms with E-state index in [1.54, 1.807) is 0 Å². The summed E-state index contributed by atoms with van der Waals surface area (Å²) in [6.45, 7) is 2.50. The van der Waals surface area contributed by atoms with Crippen molar-refractivity contribution in [1.82, 2.24) is 9.71 Å². The Morgan fingerprint density at radius 1 is 1.15 bits per heavy atom. The highest BCUT2D eigenvalue weighted by molar-refractivity contribution is 7.91. The molecule has 26 heavy (non-hydrogen) atoms. The van der Waals surface area contributed by atoms with Gasteiger partial charge < -0.3 is 5.32 Å². The van der Waals surface area contributed by atoms with Gasteiger partial charge in [-0.3, -0.25) is 4.79 Å². The fourth-order valence-corrected chi connectivity index (χ4v) is 3.88. The molecule has 1 aromatic heterocycles. The molecule has 146 valence electrons. The molecule has 1 heterocycles. The van der Waals surface area contributed by atoms with E-state index in [2.05, 4.69) is 15.0 Å².